The second-order valence-electron chi connectivity index (χ2n) is 15.6. The molecular weight excluding hydrogens is 703 g/mol. The van der Waals surface area contributed by atoms with Crippen molar-refractivity contribution in [3.05, 3.63) is 119 Å². The molecule has 0 aromatic heterocycles. The van der Waals surface area contributed by atoms with Crippen molar-refractivity contribution in [1.29, 1.82) is 0 Å². The van der Waals surface area contributed by atoms with Crippen LogP contribution in [0.15, 0.2) is 90.7 Å². The number of carbonyl (C=O) groups is 1. The Bertz CT molecular complexity index is 2160. The third kappa shape index (κ3) is 9.69. The Hall–Kier alpha value is -5.39. The van der Waals surface area contributed by atoms with Gasteiger partial charge in [0.15, 0.2) is 11.5 Å². The number of phenolic OH excluding ortho intramolecular Hbond substituents is 1. The summed E-state index contributed by atoms with van der Waals surface area (Å²) >= 11 is 0. The van der Waals surface area contributed by atoms with Gasteiger partial charge in [-0.3, -0.25) is 4.79 Å². The molecule has 4 aromatic carbocycles. The molecule has 8 bridgehead atoms. The molecule has 4 aromatic rings. The summed E-state index contributed by atoms with van der Waals surface area (Å²) in [5, 5.41) is 36.7. The van der Waals surface area contributed by atoms with E-state index in [4.69, 9.17) is 14.2 Å². The number of ketones is 1. The van der Waals surface area contributed by atoms with Gasteiger partial charge >= 0.3 is 0 Å². The lowest BCUT2D eigenvalue weighted by Crippen LogP contribution is -2.24. The zero-order valence-electron chi connectivity index (χ0n) is 32.4. The van der Waals surface area contributed by atoms with Crippen molar-refractivity contribution in [2.24, 2.45) is 11.8 Å². The van der Waals surface area contributed by atoms with E-state index in [1.807, 2.05) is 42.5 Å². The van der Waals surface area contributed by atoms with E-state index in [1.165, 1.54) is 5.56 Å². The van der Waals surface area contributed by atoms with Gasteiger partial charge in [-0.05, 0) is 145 Å². The van der Waals surface area contributed by atoms with E-state index in [-0.39, 0.29) is 41.5 Å². The zero-order valence-corrected chi connectivity index (χ0v) is 32.4. The molecule has 0 radical (unpaired) electrons. The van der Waals surface area contributed by atoms with Crippen molar-refractivity contribution in [2.75, 3.05) is 19.0 Å². The van der Waals surface area contributed by atoms with Gasteiger partial charge in [-0.15, -0.1) is 0 Å². The van der Waals surface area contributed by atoms with Crippen LogP contribution in [0.4, 0.5) is 5.69 Å². The first-order chi connectivity index (χ1) is 27.2. The molecule has 0 fully saturated rings. The number of anilines is 1. The number of aliphatic hydroxyl groups excluding tert-OH is 2. The molecule has 8 nitrogen and oxygen atoms in total. The summed E-state index contributed by atoms with van der Waals surface area (Å²) < 4.78 is 18.3. The number of unbranched alkanes of at least 4 members (excludes halogenated alkanes) is 1. The Morgan fingerprint density at radius 1 is 0.982 bits per heavy atom. The van der Waals surface area contributed by atoms with E-state index >= 15 is 0 Å². The summed E-state index contributed by atoms with van der Waals surface area (Å²) in [4.78, 5) is 13.6. The molecule has 4 aliphatic rings. The fraction of sp³-hybridized carbons (Fsp3) is 0.396. The number of benzene rings is 4. The Kier molecular flexibility index (Phi) is 12.5. The molecule has 0 spiro atoms. The molecule has 56 heavy (non-hydrogen) atoms. The fourth-order valence-electron chi connectivity index (χ4n) is 8.45. The number of allylic oxidation sites excluding steroid dienone is 3. The number of aliphatic hydroxyl groups is 2. The molecule has 8 rings (SSSR count). The minimum Gasteiger partial charge on any atom is -0.508 e. The number of nitrogens with one attached hydrogen (secondary N) is 1. The number of fused-ring (bicyclic) bond motifs is 7. The normalized spacial score (nSPS) is 21.2. The fourth-order valence-corrected chi connectivity index (χ4v) is 8.45. The number of aromatic hydroxyl groups is 1. The average molecular weight is 756 g/mol. The van der Waals surface area contributed by atoms with Crippen LogP contribution in [-0.4, -0.2) is 47.0 Å². The van der Waals surface area contributed by atoms with Crippen LogP contribution in [0, 0.1) is 23.9 Å². The predicted octanol–water partition coefficient (Wildman–Crippen LogP) is 9.25. The predicted molar refractivity (Wildman–Crippen MR) is 220 cm³/mol. The van der Waals surface area contributed by atoms with Gasteiger partial charge in [0.2, 0.25) is 0 Å². The van der Waals surface area contributed by atoms with Gasteiger partial charge < -0.3 is 34.8 Å². The molecule has 0 amide bonds. The Morgan fingerprint density at radius 3 is 2.73 bits per heavy atom. The quantitative estimate of drug-likeness (QED) is 0.0885. The van der Waals surface area contributed by atoms with Crippen molar-refractivity contribution in [3.63, 3.8) is 0 Å². The first kappa shape index (κ1) is 38.9. The summed E-state index contributed by atoms with van der Waals surface area (Å²) in [6, 6.07) is 22.2. The maximum absolute atomic E-state index is 13.6. The number of aryl methyl sites for hydroxylation is 3. The molecule has 2 aliphatic carbocycles. The van der Waals surface area contributed by atoms with E-state index in [9.17, 15) is 20.1 Å². The van der Waals surface area contributed by atoms with E-state index in [0.717, 1.165) is 77.2 Å². The number of methoxy groups -OCH3 is 1. The number of rotatable bonds is 11. The van der Waals surface area contributed by atoms with Crippen LogP contribution in [0.25, 0.3) is 10.8 Å². The molecule has 2 aliphatic heterocycles. The first-order valence-electron chi connectivity index (χ1n) is 20.1. The van der Waals surface area contributed by atoms with Crippen LogP contribution in [-0.2, 0) is 35.4 Å². The SMILES string of the molecule is COc1ccc2cc1OCc1cc3c4c(c(O)ccc4c1)C(C#COC(CC1C=C(O)C=CC1CCCCc1cccc(NCC(C)O)c1)CC(=O)CC2)CC3. The lowest BCUT2D eigenvalue weighted by atomic mass is 9.80. The van der Waals surface area contributed by atoms with E-state index in [1.54, 1.807) is 26.2 Å². The number of ether oxygens (including phenoxy) is 3. The minimum atomic E-state index is -0.477. The number of phenols is 1. The molecule has 5 atom stereocenters. The molecule has 5 unspecified atom stereocenters. The topological polar surface area (TPSA) is 117 Å². The zero-order chi connectivity index (χ0) is 39.0. The van der Waals surface area contributed by atoms with Crippen molar-refractivity contribution in [3.8, 4) is 29.3 Å². The summed E-state index contributed by atoms with van der Waals surface area (Å²) in [5.41, 5.74) is 6.26. The van der Waals surface area contributed by atoms with Crippen molar-refractivity contribution in [2.45, 2.75) is 95.9 Å². The average Bonchev–Trinajstić information content (AvgIpc) is 3.19. The minimum absolute atomic E-state index is 0.0240. The third-order valence-corrected chi connectivity index (χ3v) is 11.3. The maximum atomic E-state index is 13.6. The lowest BCUT2D eigenvalue weighted by Gasteiger charge is -2.28. The van der Waals surface area contributed by atoms with Crippen LogP contribution in [0.3, 0.4) is 0 Å². The molecule has 0 saturated carbocycles. The Balaban J connectivity index is 1.10. The number of hydrogen-bond acceptors (Lipinski definition) is 8. The summed E-state index contributed by atoms with van der Waals surface area (Å²) in [6.45, 7) is 2.64. The van der Waals surface area contributed by atoms with Crippen molar-refractivity contribution in [1.82, 2.24) is 0 Å². The van der Waals surface area contributed by atoms with Crippen LogP contribution >= 0.6 is 0 Å². The van der Waals surface area contributed by atoms with Crippen LogP contribution < -0.4 is 14.8 Å². The van der Waals surface area contributed by atoms with Crippen molar-refractivity contribution >= 4 is 22.2 Å². The van der Waals surface area contributed by atoms with Crippen LogP contribution in [0.2, 0.25) is 0 Å². The highest BCUT2D eigenvalue weighted by atomic mass is 16.5. The second kappa shape index (κ2) is 18.0. The highest BCUT2D eigenvalue weighted by molar-refractivity contribution is 5.93. The first-order valence-corrected chi connectivity index (χ1v) is 20.1. The highest BCUT2D eigenvalue weighted by Crippen LogP contribution is 2.42. The van der Waals surface area contributed by atoms with Gasteiger partial charge in [0.1, 0.15) is 36.1 Å². The molecule has 8 heteroatoms. The van der Waals surface area contributed by atoms with E-state index < -0.39 is 12.2 Å². The van der Waals surface area contributed by atoms with Gasteiger partial charge in [0, 0.05) is 30.6 Å². The van der Waals surface area contributed by atoms with Gasteiger partial charge in [0.25, 0.3) is 0 Å². The molecule has 292 valence electrons. The molecule has 4 N–H and O–H groups in total. The Labute approximate surface area is 330 Å². The monoisotopic (exact) mass is 755 g/mol. The van der Waals surface area contributed by atoms with Crippen LogP contribution in [0.1, 0.15) is 85.6 Å². The molecular formula is C48H53NO7. The lowest BCUT2D eigenvalue weighted by molar-refractivity contribution is -0.121. The number of Topliss-reactive ketones (excluding diaryl/α,β-unsaturated/α-hetero) is 1. The third-order valence-electron chi connectivity index (χ3n) is 11.3. The van der Waals surface area contributed by atoms with Gasteiger partial charge in [-0.1, -0.05) is 48.7 Å². The summed E-state index contributed by atoms with van der Waals surface area (Å²) in [7, 11) is 1.63. The second-order valence-corrected chi connectivity index (χ2v) is 15.6. The van der Waals surface area contributed by atoms with Crippen LogP contribution in [0.5, 0.6) is 17.2 Å². The van der Waals surface area contributed by atoms with E-state index in [2.05, 4.69) is 47.7 Å². The molecule has 2 heterocycles. The molecule has 0 saturated heterocycles. The maximum Gasteiger partial charge on any atom is 0.161 e. The standard InChI is InChI=1S/C48H53NO7/c1-31(50)29-49-40-9-5-7-32(24-40)6-3-4-8-35-14-17-41(51)26-39(35)27-43-28-42(52)16-10-33-11-19-45(54-2)46(25-33)56-30-34-22-37-13-12-36(20-21-55-43)48-44(53)18-15-38(23-34)47(37)48/h5,7,9,11,14-15,17-19,22-26,31,35-36,39,43,49-51,53H,3-4,6,8,10,12-13,16,27-30H2,1-2H3. The largest absolute Gasteiger partial charge is 0.508 e. The summed E-state index contributed by atoms with van der Waals surface area (Å²) in [5.74, 6) is 5.06. The highest BCUT2D eigenvalue weighted by Gasteiger charge is 2.28. The number of carbonyl (C=O) groups excluding carboxylic acids is 1. The Morgan fingerprint density at radius 2 is 1.88 bits per heavy atom. The van der Waals surface area contributed by atoms with Gasteiger partial charge in [-0.25, -0.2) is 0 Å². The summed E-state index contributed by atoms with van der Waals surface area (Å²) in [6.07, 6.45) is 15.0. The van der Waals surface area contributed by atoms with Crippen molar-refractivity contribution < 1.29 is 34.3 Å². The smallest absolute Gasteiger partial charge is 0.161 e. The van der Waals surface area contributed by atoms with E-state index in [0.29, 0.717) is 43.9 Å². The van der Waals surface area contributed by atoms with Gasteiger partial charge in [-0.2, -0.15) is 0 Å². The van der Waals surface area contributed by atoms with Gasteiger partial charge in [0.05, 0.1) is 19.1 Å². The number of hydrogen-bond donors (Lipinski definition) is 4.